The zero-order valence-corrected chi connectivity index (χ0v) is 22.3. The first-order valence-electron chi connectivity index (χ1n) is 12.8. The lowest BCUT2D eigenvalue weighted by atomic mass is 10.1. The number of likely N-dealkylation sites (N-methyl/N-ethyl adjacent to an activating group) is 1. The zero-order valence-electron chi connectivity index (χ0n) is 21.5. The second-order valence-electron chi connectivity index (χ2n) is 9.38. The van der Waals surface area contributed by atoms with Gasteiger partial charge in [-0.2, -0.15) is 5.10 Å². The average molecular weight is 520 g/mol. The molecule has 1 amide bonds. The highest BCUT2D eigenvalue weighted by atomic mass is 32.1. The van der Waals surface area contributed by atoms with Crippen LogP contribution in [0.5, 0.6) is 0 Å². The van der Waals surface area contributed by atoms with E-state index in [4.69, 9.17) is 9.97 Å². The quantitative estimate of drug-likeness (QED) is 0.349. The molecule has 0 bridgehead atoms. The van der Waals surface area contributed by atoms with Gasteiger partial charge in [-0.05, 0) is 56.1 Å². The molecule has 4 aromatic rings. The Labute approximate surface area is 220 Å². The van der Waals surface area contributed by atoms with Crippen LogP contribution in [-0.4, -0.2) is 80.4 Å². The summed E-state index contributed by atoms with van der Waals surface area (Å²) in [4.78, 5) is 28.5. The number of pyridine rings is 1. The van der Waals surface area contributed by atoms with Crippen molar-refractivity contribution in [1.29, 1.82) is 0 Å². The number of aliphatic hydroxyl groups excluding tert-OH is 1. The molecule has 0 radical (unpaired) electrons. The number of aliphatic hydroxyl groups is 1. The largest absolute Gasteiger partial charge is 0.391 e. The van der Waals surface area contributed by atoms with Crippen LogP contribution in [0.25, 0.3) is 27.5 Å². The molecule has 4 aromatic heterocycles. The maximum Gasteiger partial charge on any atom is 0.251 e. The molecule has 1 aliphatic heterocycles. The lowest BCUT2D eigenvalue weighted by molar-refractivity contribution is 0.0938. The predicted octanol–water partition coefficient (Wildman–Crippen LogP) is 3.55. The van der Waals surface area contributed by atoms with Crippen molar-refractivity contribution in [3.8, 4) is 21.8 Å². The Kier molecular flexibility index (Phi) is 7.50. The lowest BCUT2D eigenvalue weighted by Crippen LogP contribution is -2.42. The Hall–Kier alpha value is -3.34. The van der Waals surface area contributed by atoms with Gasteiger partial charge in [0.1, 0.15) is 5.82 Å². The van der Waals surface area contributed by atoms with Gasteiger partial charge in [-0.15, -0.1) is 11.3 Å². The maximum absolute atomic E-state index is 13.3. The summed E-state index contributed by atoms with van der Waals surface area (Å²) < 4.78 is 1.73. The molecule has 0 aliphatic carbocycles. The number of rotatable bonds is 9. The van der Waals surface area contributed by atoms with E-state index in [0.717, 1.165) is 29.2 Å². The van der Waals surface area contributed by atoms with Crippen LogP contribution in [-0.2, 0) is 0 Å². The van der Waals surface area contributed by atoms with Gasteiger partial charge in [0.2, 0.25) is 0 Å². The molecule has 2 unspecified atom stereocenters. The van der Waals surface area contributed by atoms with E-state index in [1.807, 2.05) is 46.8 Å². The third kappa shape index (κ3) is 5.36. The number of thiophene rings is 1. The van der Waals surface area contributed by atoms with Crippen LogP contribution in [0.2, 0.25) is 0 Å². The number of β-amino-alcohol motifs (C(OH)–C–C–N with tert-alkyl or cyclic N) is 1. The molecule has 1 fully saturated rings. The van der Waals surface area contributed by atoms with E-state index in [9.17, 15) is 9.90 Å². The van der Waals surface area contributed by atoms with Crippen LogP contribution in [0.1, 0.15) is 37.6 Å². The highest BCUT2D eigenvalue weighted by molar-refractivity contribution is 7.13. The molecule has 0 spiro atoms. The first-order chi connectivity index (χ1) is 18.0. The van der Waals surface area contributed by atoms with Crippen molar-refractivity contribution in [2.24, 2.45) is 0 Å². The van der Waals surface area contributed by atoms with Crippen molar-refractivity contribution in [3.05, 3.63) is 53.7 Å². The van der Waals surface area contributed by atoms with Gasteiger partial charge in [0.05, 0.1) is 34.1 Å². The molecular formula is C27H33N7O2S. The minimum absolute atomic E-state index is 0.146. The molecule has 37 heavy (non-hydrogen) atoms. The van der Waals surface area contributed by atoms with Crippen molar-refractivity contribution in [3.63, 3.8) is 0 Å². The fraction of sp³-hybridized carbons (Fsp3) is 0.407. The van der Waals surface area contributed by atoms with E-state index in [2.05, 4.69) is 36.1 Å². The number of nitrogens with zero attached hydrogens (tertiary/aromatic N) is 6. The standard InChI is InChI=1S/C27H33N7O2S/c1-4-32(5-2)18(3)15-28-27(36)19-13-23(30-25(14-19)33-10-8-20(35)17-33)21-16-29-34-11-9-22(31-26(21)34)24-7-6-12-37-24/h6-7,9,11-14,16,18,20,35H,4-5,8,10,15,17H2,1-3H3,(H,28,36). The number of hydrogen-bond acceptors (Lipinski definition) is 8. The van der Waals surface area contributed by atoms with Gasteiger partial charge in [0.15, 0.2) is 5.65 Å². The molecule has 0 aromatic carbocycles. The highest BCUT2D eigenvalue weighted by Crippen LogP contribution is 2.30. The molecule has 9 nitrogen and oxygen atoms in total. The molecule has 194 valence electrons. The smallest absolute Gasteiger partial charge is 0.251 e. The van der Waals surface area contributed by atoms with E-state index < -0.39 is 6.10 Å². The Bertz CT molecular complexity index is 1370. The molecule has 1 saturated heterocycles. The normalized spacial score (nSPS) is 16.6. The number of carbonyl (C=O) groups excluding carboxylic acids is 1. The summed E-state index contributed by atoms with van der Waals surface area (Å²) in [6.07, 6.45) is 3.92. The van der Waals surface area contributed by atoms with Gasteiger partial charge in [-0.1, -0.05) is 19.9 Å². The minimum atomic E-state index is -0.398. The van der Waals surface area contributed by atoms with Crippen LogP contribution < -0.4 is 10.2 Å². The van der Waals surface area contributed by atoms with Crippen LogP contribution in [0.3, 0.4) is 0 Å². The molecule has 5 rings (SSSR count). The topological polar surface area (TPSA) is 98.9 Å². The minimum Gasteiger partial charge on any atom is -0.391 e. The van der Waals surface area contributed by atoms with Gasteiger partial charge in [-0.25, -0.2) is 14.5 Å². The zero-order chi connectivity index (χ0) is 25.9. The number of hydrogen-bond donors (Lipinski definition) is 2. The van der Waals surface area contributed by atoms with Gasteiger partial charge in [-0.3, -0.25) is 9.69 Å². The van der Waals surface area contributed by atoms with Crippen molar-refractivity contribution in [2.75, 3.05) is 37.6 Å². The van der Waals surface area contributed by atoms with Gasteiger partial charge >= 0.3 is 0 Å². The SMILES string of the molecule is CCN(CC)C(C)CNC(=O)c1cc(-c2cnn3ccc(-c4cccs4)nc23)nc(N2CCC(O)C2)c1. The Morgan fingerprint density at radius 3 is 2.78 bits per heavy atom. The van der Waals surface area contributed by atoms with Crippen LogP contribution in [0.4, 0.5) is 5.82 Å². The Morgan fingerprint density at radius 1 is 1.24 bits per heavy atom. The van der Waals surface area contributed by atoms with Crippen molar-refractivity contribution >= 4 is 28.7 Å². The molecule has 1 aliphatic rings. The molecule has 5 heterocycles. The number of fused-ring (bicyclic) bond motifs is 1. The molecule has 2 atom stereocenters. The van der Waals surface area contributed by atoms with Crippen molar-refractivity contribution < 1.29 is 9.90 Å². The molecule has 10 heteroatoms. The monoisotopic (exact) mass is 519 g/mol. The number of anilines is 1. The van der Waals surface area contributed by atoms with Crippen LogP contribution in [0.15, 0.2) is 48.1 Å². The molecule has 2 N–H and O–H groups in total. The van der Waals surface area contributed by atoms with Crippen molar-refractivity contribution in [1.82, 2.24) is 29.8 Å². The maximum atomic E-state index is 13.3. The van der Waals surface area contributed by atoms with E-state index in [-0.39, 0.29) is 11.9 Å². The number of carbonyl (C=O) groups is 1. The number of aromatic nitrogens is 4. The number of nitrogens with one attached hydrogen (secondary N) is 1. The first-order valence-corrected chi connectivity index (χ1v) is 13.7. The summed E-state index contributed by atoms with van der Waals surface area (Å²) in [5, 5.41) is 19.7. The van der Waals surface area contributed by atoms with Gasteiger partial charge in [0, 0.05) is 37.4 Å². The van der Waals surface area contributed by atoms with E-state index in [1.54, 1.807) is 22.0 Å². The summed E-state index contributed by atoms with van der Waals surface area (Å²) in [6, 6.07) is 9.84. The lowest BCUT2D eigenvalue weighted by Gasteiger charge is -2.26. The summed E-state index contributed by atoms with van der Waals surface area (Å²) in [6.45, 7) is 9.98. The highest BCUT2D eigenvalue weighted by Gasteiger charge is 2.24. The summed E-state index contributed by atoms with van der Waals surface area (Å²) in [5.41, 5.74) is 3.46. The van der Waals surface area contributed by atoms with Crippen molar-refractivity contribution in [2.45, 2.75) is 39.3 Å². The summed E-state index contributed by atoms with van der Waals surface area (Å²) in [7, 11) is 0. The predicted molar refractivity (Wildman–Crippen MR) is 147 cm³/mol. The Balaban J connectivity index is 1.51. The van der Waals surface area contributed by atoms with Gasteiger partial charge in [0.25, 0.3) is 5.91 Å². The fourth-order valence-corrected chi connectivity index (χ4v) is 5.52. The van der Waals surface area contributed by atoms with E-state index >= 15 is 0 Å². The molecule has 0 saturated carbocycles. The van der Waals surface area contributed by atoms with Gasteiger partial charge < -0.3 is 15.3 Å². The van der Waals surface area contributed by atoms with Crippen LogP contribution >= 0.6 is 11.3 Å². The second kappa shape index (κ2) is 11.0. The second-order valence-corrected chi connectivity index (χ2v) is 10.3. The van der Waals surface area contributed by atoms with E-state index in [1.165, 1.54) is 0 Å². The number of amides is 1. The fourth-order valence-electron chi connectivity index (χ4n) is 4.83. The third-order valence-electron chi connectivity index (χ3n) is 6.97. The van der Waals surface area contributed by atoms with E-state index in [0.29, 0.717) is 48.8 Å². The third-order valence-corrected chi connectivity index (χ3v) is 7.87. The Morgan fingerprint density at radius 2 is 2.08 bits per heavy atom. The summed E-state index contributed by atoms with van der Waals surface area (Å²) in [5.74, 6) is 0.525. The summed E-state index contributed by atoms with van der Waals surface area (Å²) >= 11 is 1.63. The first kappa shape index (κ1) is 25.3. The average Bonchev–Trinajstić information content (AvgIpc) is 3.68. The van der Waals surface area contributed by atoms with Crippen LogP contribution in [0, 0.1) is 0 Å². The molecular weight excluding hydrogens is 486 g/mol.